The van der Waals surface area contributed by atoms with E-state index in [1.165, 1.54) is 6.07 Å². The fourth-order valence-corrected chi connectivity index (χ4v) is 3.42. The van der Waals surface area contributed by atoms with Crippen molar-refractivity contribution >= 4 is 16.7 Å². The second-order valence-corrected chi connectivity index (χ2v) is 6.48. The zero-order valence-electron chi connectivity index (χ0n) is 13.9. The number of nitrogens with zero attached hydrogens (tertiary/aromatic N) is 2. The highest BCUT2D eigenvalue weighted by molar-refractivity contribution is 5.93. The van der Waals surface area contributed by atoms with Gasteiger partial charge in [0, 0.05) is 24.0 Å². The van der Waals surface area contributed by atoms with Gasteiger partial charge in [-0.2, -0.15) is 13.2 Å². The lowest BCUT2D eigenvalue weighted by molar-refractivity contribution is -0.137. The minimum atomic E-state index is -4.41. The van der Waals surface area contributed by atoms with E-state index >= 15 is 0 Å². The molecule has 3 aromatic rings. The molecule has 0 atom stereocenters. The van der Waals surface area contributed by atoms with Crippen LogP contribution in [0, 0.1) is 0 Å². The van der Waals surface area contributed by atoms with Crippen LogP contribution in [-0.4, -0.2) is 23.2 Å². The van der Waals surface area contributed by atoms with Crippen LogP contribution in [0.3, 0.4) is 0 Å². The molecule has 0 spiro atoms. The number of fused-ring (bicyclic) bond motifs is 1. The van der Waals surface area contributed by atoms with Gasteiger partial charge in [-0.1, -0.05) is 18.2 Å². The standard InChI is InChI=1S/C20H17F3N2O/c21-20(22,23)14-6-3-5-13(11-14)15-12-16-17(7-4-8-18(16)26)24-19(15)25-9-1-2-10-25/h3-8,11-12,26H,1-2,9-10H2. The van der Waals surface area contributed by atoms with Gasteiger partial charge in [-0.05, 0) is 48.7 Å². The van der Waals surface area contributed by atoms with Gasteiger partial charge in [0.05, 0.1) is 11.1 Å². The topological polar surface area (TPSA) is 36.4 Å². The molecule has 0 aliphatic carbocycles. The molecule has 4 rings (SSSR count). The van der Waals surface area contributed by atoms with Gasteiger partial charge >= 0.3 is 6.18 Å². The lowest BCUT2D eigenvalue weighted by atomic mass is 10.0. The first kappa shape index (κ1) is 16.7. The van der Waals surface area contributed by atoms with Crippen LogP contribution >= 0.6 is 0 Å². The minimum Gasteiger partial charge on any atom is -0.507 e. The van der Waals surface area contributed by atoms with Gasteiger partial charge in [0.2, 0.25) is 0 Å². The normalized spacial score (nSPS) is 15.0. The van der Waals surface area contributed by atoms with Gasteiger partial charge in [-0.15, -0.1) is 0 Å². The van der Waals surface area contributed by atoms with Gasteiger partial charge in [-0.25, -0.2) is 4.98 Å². The van der Waals surface area contributed by atoms with Crippen LogP contribution in [0.1, 0.15) is 18.4 Å². The second-order valence-electron chi connectivity index (χ2n) is 6.48. The number of benzene rings is 2. The number of phenols is 1. The first-order valence-electron chi connectivity index (χ1n) is 8.49. The summed E-state index contributed by atoms with van der Waals surface area (Å²) in [7, 11) is 0. The minimum absolute atomic E-state index is 0.0659. The molecule has 1 aromatic heterocycles. The van der Waals surface area contributed by atoms with E-state index in [1.807, 2.05) is 0 Å². The molecule has 1 fully saturated rings. The Morgan fingerprint density at radius 1 is 0.962 bits per heavy atom. The summed E-state index contributed by atoms with van der Waals surface area (Å²) in [6.45, 7) is 1.65. The largest absolute Gasteiger partial charge is 0.507 e. The summed E-state index contributed by atoms with van der Waals surface area (Å²) in [6.07, 6.45) is -2.35. The van der Waals surface area contributed by atoms with Crippen molar-refractivity contribution < 1.29 is 18.3 Å². The monoisotopic (exact) mass is 358 g/mol. The second kappa shape index (κ2) is 6.20. The summed E-state index contributed by atoms with van der Waals surface area (Å²) in [5.41, 5.74) is 0.980. The van der Waals surface area contributed by atoms with E-state index in [9.17, 15) is 18.3 Å². The highest BCUT2D eigenvalue weighted by Crippen LogP contribution is 2.38. The van der Waals surface area contributed by atoms with E-state index in [1.54, 1.807) is 30.3 Å². The number of alkyl halides is 3. The number of hydrogen-bond donors (Lipinski definition) is 1. The van der Waals surface area contributed by atoms with E-state index in [0.717, 1.165) is 38.1 Å². The number of halogens is 3. The number of phenolic OH excluding ortho intramolecular Hbond substituents is 1. The third-order valence-electron chi connectivity index (χ3n) is 4.72. The van der Waals surface area contributed by atoms with Crippen LogP contribution < -0.4 is 4.90 Å². The molecule has 26 heavy (non-hydrogen) atoms. The molecule has 6 heteroatoms. The third kappa shape index (κ3) is 2.96. The van der Waals surface area contributed by atoms with Gasteiger partial charge in [0.15, 0.2) is 0 Å². The van der Waals surface area contributed by atoms with Crippen LogP contribution in [0.25, 0.3) is 22.0 Å². The Kier molecular flexibility index (Phi) is 3.98. The fourth-order valence-electron chi connectivity index (χ4n) is 3.42. The van der Waals surface area contributed by atoms with Crippen LogP contribution in [0.5, 0.6) is 5.75 Å². The predicted molar refractivity (Wildman–Crippen MR) is 95.3 cm³/mol. The van der Waals surface area contributed by atoms with Crippen LogP contribution in [0.2, 0.25) is 0 Å². The Balaban J connectivity index is 1.95. The highest BCUT2D eigenvalue weighted by atomic mass is 19.4. The zero-order chi connectivity index (χ0) is 18.3. The SMILES string of the molecule is Oc1cccc2nc(N3CCCC3)c(-c3cccc(C(F)(F)F)c3)cc12. The van der Waals surface area contributed by atoms with Crippen molar-refractivity contribution in [2.45, 2.75) is 19.0 Å². The average Bonchev–Trinajstić information content (AvgIpc) is 3.15. The summed E-state index contributed by atoms with van der Waals surface area (Å²) in [5.74, 6) is 0.733. The summed E-state index contributed by atoms with van der Waals surface area (Å²) < 4.78 is 39.4. The molecule has 0 radical (unpaired) electrons. The summed E-state index contributed by atoms with van der Waals surface area (Å²) in [4.78, 5) is 6.77. The molecule has 0 bridgehead atoms. The summed E-state index contributed by atoms with van der Waals surface area (Å²) >= 11 is 0. The number of rotatable bonds is 2. The molecule has 2 heterocycles. The van der Waals surface area contributed by atoms with Crippen LogP contribution in [0.4, 0.5) is 19.0 Å². The van der Waals surface area contributed by atoms with Crippen molar-refractivity contribution in [2.75, 3.05) is 18.0 Å². The van der Waals surface area contributed by atoms with Crippen molar-refractivity contribution in [3.63, 3.8) is 0 Å². The van der Waals surface area contributed by atoms with E-state index in [2.05, 4.69) is 9.88 Å². The molecule has 134 valence electrons. The smallest absolute Gasteiger partial charge is 0.416 e. The molecular weight excluding hydrogens is 341 g/mol. The number of aromatic nitrogens is 1. The maximum Gasteiger partial charge on any atom is 0.416 e. The number of anilines is 1. The Morgan fingerprint density at radius 3 is 2.42 bits per heavy atom. The Hall–Kier alpha value is -2.76. The van der Waals surface area contributed by atoms with E-state index in [0.29, 0.717) is 27.8 Å². The first-order chi connectivity index (χ1) is 12.4. The van der Waals surface area contributed by atoms with Gasteiger partial charge in [0.25, 0.3) is 0 Å². The summed E-state index contributed by atoms with van der Waals surface area (Å²) in [5, 5.41) is 10.7. The van der Waals surface area contributed by atoms with E-state index in [4.69, 9.17) is 0 Å². The molecule has 0 amide bonds. The lowest BCUT2D eigenvalue weighted by Crippen LogP contribution is -2.20. The molecule has 0 unspecified atom stereocenters. The molecule has 3 nitrogen and oxygen atoms in total. The third-order valence-corrected chi connectivity index (χ3v) is 4.72. The van der Waals surface area contributed by atoms with Crippen molar-refractivity contribution in [2.24, 2.45) is 0 Å². The van der Waals surface area contributed by atoms with Crippen LogP contribution in [-0.2, 0) is 6.18 Å². The predicted octanol–water partition coefficient (Wildman–Crippen LogP) is 5.23. The van der Waals surface area contributed by atoms with Gasteiger partial charge in [0.1, 0.15) is 11.6 Å². The maximum atomic E-state index is 13.1. The van der Waals surface area contributed by atoms with E-state index < -0.39 is 11.7 Å². The van der Waals surface area contributed by atoms with Crippen molar-refractivity contribution in [3.05, 3.63) is 54.1 Å². The van der Waals surface area contributed by atoms with Gasteiger partial charge < -0.3 is 10.0 Å². The van der Waals surface area contributed by atoms with Crippen LogP contribution in [0.15, 0.2) is 48.5 Å². The maximum absolute atomic E-state index is 13.1. The Morgan fingerprint density at radius 2 is 1.69 bits per heavy atom. The van der Waals surface area contributed by atoms with Gasteiger partial charge in [-0.3, -0.25) is 0 Å². The molecule has 1 N–H and O–H groups in total. The first-order valence-corrected chi connectivity index (χ1v) is 8.49. The lowest BCUT2D eigenvalue weighted by Gasteiger charge is -2.21. The molecule has 1 saturated heterocycles. The molecule has 1 aliphatic rings. The Labute approximate surface area is 148 Å². The Bertz CT molecular complexity index is 963. The highest BCUT2D eigenvalue weighted by Gasteiger charge is 2.31. The zero-order valence-corrected chi connectivity index (χ0v) is 13.9. The number of pyridine rings is 1. The fraction of sp³-hybridized carbons (Fsp3) is 0.250. The molecule has 0 saturated carbocycles. The number of aromatic hydroxyl groups is 1. The molecular formula is C20H17F3N2O. The number of hydrogen-bond acceptors (Lipinski definition) is 3. The molecule has 2 aromatic carbocycles. The van der Waals surface area contributed by atoms with Crippen molar-refractivity contribution in [3.8, 4) is 16.9 Å². The average molecular weight is 358 g/mol. The summed E-state index contributed by atoms with van der Waals surface area (Å²) in [6, 6.07) is 12.1. The van der Waals surface area contributed by atoms with Crippen molar-refractivity contribution in [1.82, 2.24) is 4.98 Å². The van der Waals surface area contributed by atoms with Crippen molar-refractivity contribution in [1.29, 1.82) is 0 Å². The molecule has 1 aliphatic heterocycles. The quantitative estimate of drug-likeness (QED) is 0.682. The van der Waals surface area contributed by atoms with E-state index in [-0.39, 0.29) is 5.75 Å².